The van der Waals surface area contributed by atoms with Crippen LogP contribution in [0.2, 0.25) is 0 Å². The van der Waals surface area contributed by atoms with Crippen LogP contribution in [-0.4, -0.2) is 35.5 Å². The maximum Gasteiger partial charge on any atom is 0.260 e. The molecule has 0 radical (unpaired) electrons. The molecular formula is C18H19FN4O. The highest BCUT2D eigenvalue weighted by Gasteiger charge is 2.14. The number of aromatic nitrogens is 2. The van der Waals surface area contributed by atoms with Crippen LogP contribution < -0.4 is 10.9 Å². The van der Waals surface area contributed by atoms with Crippen molar-refractivity contribution in [2.75, 3.05) is 26.0 Å². The fraction of sp³-hybridized carbons (Fsp3) is 0.222. The lowest BCUT2D eigenvalue weighted by Gasteiger charge is -2.25. The number of rotatable bonds is 5. The van der Waals surface area contributed by atoms with Crippen LogP contribution >= 0.6 is 0 Å². The summed E-state index contributed by atoms with van der Waals surface area (Å²) in [5.41, 5.74) is 1.45. The van der Waals surface area contributed by atoms with Crippen LogP contribution in [0.1, 0.15) is 11.6 Å². The Bertz CT molecular complexity index is 889. The van der Waals surface area contributed by atoms with E-state index in [9.17, 15) is 9.18 Å². The summed E-state index contributed by atoms with van der Waals surface area (Å²) in [7, 11) is 3.90. The first-order valence-electron chi connectivity index (χ1n) is 7.69. The van der Waals surface area contributed by atoms with Crippen LogP contribution in [0.25, 0.3) is 10.9 Å². The maximum absolute atomic E-state index is 13.1. The fourth-order valence-corrected chi connectivity index (χ4v) is 2.65. The minimum atomic E-state index is -0.259. The summed E-state index contributed by atoms with van der Waals surface area (Å²) in [5, 5.41) is 3.73. The number of aromatic amines is 1. The minimum Gasteiger partial charge on any atom is -0.354 e. The highest BCUT2D eigenvalue weighted by molar-refractivity contribution is 5.78. The Morgan fingerprint density at radius 2 is 1.88 bits per heavy atom. The molecule has 5 nitrogen and oxygen atoms in total. The molecule has 124 valence electrons. The molecule has 6 heteroatoms. The number of nitrogens with zero attached hydrogens (tertiary/aromatic N) is 2. The summed E-state index contributed by atoms with van der Waals surface area (Å²) in [4.78, 5) is 21.3. The summed E-state index contributed by atoms with van der Waals surface area (Å²) in [6.07, 6.45) is 0. The van der Waals surface area contributed by atoms with Crippen molar-refractivity contribution >= 4 is 16.9 Å². The van der Waals surface area contributed by atoms with Gasteiger partial charge in [0.2, 0.25) is 5.95 Å². The van der Waals surface area contributed by atoms with Gasteiger partial charge in [0.05, 0.1) is 16.9 Å². The molecule has 3 aromatic rings. The van der Waals surface area contributed by atoms with Crippen LogP contribution in [0.15, 0.2) is 53.3 Å². The third-order valence-corrected chi connectivity index (χ3v) is 3.95. The molecule has 1 aromatic heterocycles. The van der Waals surface area contributed by atoms with E-state index >= 15 is 0 Å². The first-order valence-corrected chi connectivity index (χ1v) is 7.69. The number of para-hydroxylation sites is 1. The normalized spacial score (nSPS) is 12.5. The number of benzene rings is 2. The van der Waals surface area contributed by atoms with E-state index in [2.05, 4.69) is 15.3 Å². The number of H-pyrrole nitrogens is 1. The van der Waals surface area contributed by atoms with E-state index in [-0.39, 0.29) is 17.4 Å². The van der Waals surface area contributed by atoms with E-state index in [0.29, 0.717) is 23.4 Å². The molecule has 0 spiro atoms. The zero-order chi connectivity index (χ0) is 17.1. The van der Waals surface area contributed by atoms with Gasteiger partial charge in [-0.15, -0.1) is 0 Å². The molecule has 0 fully saturated rings. The average Bonchev–Trinajstić information content (AvgIpc) is 2.56. The molecule has 0 amide bonds. The highest BCUT2D eigenvalue weighted by atomic mass is 19.1. The van der Waals surface area contributed by atoms with E-state index in [1.807, 2.05) is 31.1 Å². The van der Waals surface area contributed by atoms with Gasteiger partial charge in [0.1, 0.15) is 5.82 Å². The van der Waals surface area contributed by atoms with Gasteiger partial charge in [-0.1, -0.05) is 24.3 Å². The number of likely N-dealkylation sites (N-methyl/N-ethyl adjacent to an activating group) is 1. The van der Waals surface area contributed by atoms with Gasteiger partial charge in [0.15, 0.2) is 0 Å². The van der Waals surface area contributed by atoms with Gasteiger partial charge < -0.3 is 10.2 Å². The molecule has 0 bridgehead atoms. The molecule has 0 unspecified atom stereocenters. The van der Waals surface area contributed by atoms with Crippen molar-refractivity contribution in [1.29, 1.82) is 0 Å². The van der Waals surface area contributed by atoms with Crippen molar-refractivity contribution in [2.45, 2.75) is 6.04 Å². The molecule has 1 atom stereocenters. The molecular weight excluding hydrogens is 307 g/mol. The van der Waals surface area contributed by atoms with Gasteiger partial charge in [-0.3, -0.25) is 9.78 Å². The predicted molar refractivity (Wildman–Crippen MR) is 93.7 cm³/mol. The predicted octanol–water partition coefficient (Wildman–Crippen LogP) is 2.78. The largest absolute Gasteiger partial charge is 0.354 e. The van der Waals surface area contributed by atoms with Crippen molar-refractivity contribution in [3.05, 3.63) is 70.3 Å². The van der Waals surface area contributed by atoms with Crippen LogP contribution in [0.5, 0.6) is 0 Å². The van der Waals surface area contributed by atoms with E-state index in [4.69, 9.17) is 0 Å². The second kappa shape index (κ2) is 6.80. The summed E-state index contributed by atoms with van der Waals surface area (Å²) >= 11 is 0. The Kier molecular flexibility index (Phi) is 4.57. The molecule has 1 heterocycles. The van der Waals surface area contributed by atoms with Gasteiger partial charge in [-0.2, -0.15) is 0 Å². The Hall–Kier alpha value is -2.73. The number of hydrogen-bond donors (Lipinski definition) is 2. The van der Waals surface area contributed by atoms with E-state index in [1.165, 1.54) is 12.1 Å². The molecule has 0 aliphatic rings. The fourth-order valence-electron chi connectivity index (χ4n) is 2.65. The lowest BCUT2D eigenvalue weighted by molar-refractivity contribution is 0.311. The lowest BCUT2D eigenvalue weighted by atomic mass is 10.1. The number of nitrogens with one attached hydrogen (secondary N) is 2. The Morgan fingerprint density at radius 3 is 2.58 bits per heavy atom. The SMILES string of the molecule is CN(C)[C@H](CNc1nc2ccccc2c(=O)[nH]1)c1ccc(F)cc1. The molecule has 0 aliphatic heterocycles. The zero-order valence-corrected chi connectivity index (χ0v) is 13.6. The molecule has 0 saturated heterocycles. The Labute approximate surface area is 139 Å². The molecule has 24 heavy (non-hydrogen) atoms. The van der Waals surface area contributed by atoms with Crippen LogP contribution in [0.4, 0.5) is 10.3 Å². The summed E-state index contributed by atoms with van der Waals surface area (Å²) in [6.45, 7) is 0.528. The van der Waals surface area contributed by atoms with Crippen LogP contribution in [0, 0.1) is 5.82 Å². The zero-order valence-electron chi connectivity index (χ0n) is 13.6. The maximum atomic E-state index is 13.1. The molecule has 0 saturated carbocycles. The average molecular weight is 326 g/mol. The summed E-state index contributed by atoms with van der Waals surface area (Å²) < 4.78 is 13.1. The van der Waals surface area contributed by atoms with Crippen LogP contribution in [0.3, 0.4) is 0 Å². The number of fused-ring (bicyclic) bond motifs is 1. The lowest BCUT2D eigenvalue weighted by Crippen LogP contribution is -2.28. The molecule has 0 aliphatic carbocycles. The first kappa shape index (κ1) is 16.1. The quantitative estimate of drug-likeness (QED) is 0.757. The smallest absolute Gasteiger partial charge is 0.260 e. The number of hydrogen-bond acceptors (Lipinski definition) is 4. The van der Waals surface area contributed by atoms with Crippen LogP contribution in [-0.2, 0) is 0 Å². The van der Waals surface area contributed by atoms with Gasteiger partial charge in [-0.05, 0) is 43.9 Å². The topological polar surface area (TPSA) is 61.0 Å². The Balaban J connectivity index is 1.82. The van der Waals surface area contributed by atoms with Crippen molar-refractivity contribution in [3.8, 4) is 0 Å². The van der Waals surface area contributed by atoms with Gasteiger partial charge in [0, 0.05) is 6.54 Å². The summed E-state index contributed by atoms with van der Waals surface area (Å²) in [5.74, 6) is 0.164. The van der Waals surface area contributed by atoms with E-state index in [1.54, 1.807) is 24.3 Å². The molecule has 2 N–H and O–H groups in total. The van der Waals surface area contributed by atoms with E-state index in [0.717, 1.165) is 5.56 Å². The van der Waals surface area contributed by atoms with E-state index < -0.39 is 0 Å². The highest BCUT2D eigenvalue weighted by Crippen LogP contribution is 2.19. The van der Waals surface area contributed by atoms with Crippen molar-refractivity contribution in [3.63, 3.8) is 0 Å². The third kappa shape index (κ3) is 3.44. The molecule has 2 aromatic carbocycles. The molecule has 3 rings (SSSR count). The first-order chi connectivity index (χ1) is 11.5. The Morgan fingerprint density at radius 1 is 1.17 bits per heavy atom. The second-order valence-electron chi connectivity index (χ2n) is 5.84. The van der Waals surface area contributed by atoms with Crippen molar-refractivity contribution in [2.24, 2.45) is 0 Å². The van der Waals surface area contributed by atoms with Crippen molar-refractivity contribution < 1.29 is 4.39 Å². The van der Waals surface area contributed by atoms with Gasteiger partial charge in [-0.25, -0.2) is 9.37 Å². The van der Waals surface area contributed by atoms with Gasteiger partial charge >= 0.3 is 0 Å². The standard InChI is InChI=1S/C18H19FN4O/c1-23(2)16(12-7-9-13(19)10-8-12)11-20-18-21-15-6-4-3-5-14(15)17(24)22-18/h3-10,16H,11H2,1-2H3,(H2,20,21,22,24)/t16-/m1/s1. The number of anilines is 1. The van der Waals surface area contributed by atoms with Crippen molar-refractivity contribution in [1.82, 2.24) is 14.9 Å². The summed E-state index contributed by atoms with van der Waals surface area (Å²) in [6, 6.07) is 13.6. The second-order valence-corrected chi connectivity index (χ2v) is 5.84. The van der Waals surface area contributed by atoms with Gasteiger partial charge in [0.25, 0.3) is 5.56 Å². The minimum absolute atomic E-state index is 0.0161. The monoisotopic (exact) mass is 326 g/mol. The number of halogens is 1. The third-order valence-electron chi connectivity index (χ3n) is 3.95.